The number of aromatic nitrogens is 2. The molecule has 0 aliphatic carbocycles. The van der Waals surface area contributed by atoms with Crippen LogP contribution < -0.4 is 0 Å². The van der Waals surface area contributed by atoms with Gasteiger partial charge in [0, 0.05) is 0 Å². The Morgan fingerprint density at radius 2 is 2.40 bits per heavy atom. The molecule has 0 radical (unpaired) electrons. The number of thioether (sulfide) groups is 1. The van der Waals surface area contributed by atoms with Crippen molar-refractivity contribution >= 4 is 40.2 Å². The number of ketones is 1. The third-order valence-electron chi connectivity index (χ3n) is 1.63. The van der Waals surface area contributed by atoms with Crippen LogP contribution in [0, 0.1) is 6.92 Å². The standard InChI is InChI=1S/C9H8N2OS3/c1-6-10-11-9(15-6)14-5-7(12)8-3-2-4-13-8/h2-4H,5H2,1H3. The first kappa shape index (κ1) is 10.8. The molecule has 6 heteroatoms. The van der Waals surface area contributed by atoms with Crippen molar-refractivity contribution in [2.45, 2.75) is 11.3 Å². The third-order valence-corrected chi connectivity index (χ3v) is 4.51. The van der Waals surface area contributed by atoms with E-state index in [1.165, 1.54) is 34.4 Å². The molecule has 0 N–H and O–H groups in total. The lowest BCUT2D eigenvalue weighted by atomic mass is 10.4. The van der Waals surface area contributed by atoms with Crippen LogP contribution in [0.25, 0.3) is 0 Å². The quantitative estimate of drug-likeness (QED) is 0.623. The van der Waals surface area contributed by atoms with Crippen LogP contribution in [0.5, 0.6) is 0 Å². The zero-order valence-electron chi connectivity index (χ0n) is 7.97. The minimum absolute atomic E-state index is 0.155. The first-order valence-electron chi connectivity index (χ1n) is 4.25. The lowest BCUT2D eigenvalue weighted by molar-refractivity contribution is 0.102. The summed E-state index contributed by atoms with van der Waals surface area (Å²) < 4.78 is 0.859. The van der Waals surface area contributed by atoms with Crippen LogP contribution in [0.4, 0.5) is 0 Å². The molecule has 0 aliphatic rings. The highest BCUT2D eigenvalue weighted by Gasteiger charge is 2.09. The fourth-order valence-electron chi connectivity index (χ4n) is 0.972. The van der Waals surface area contributed by atoms with E-state index in [0.29, 0.717) is 5.75 Å². The Bertz CT molecular complexity index is 450. The Morgan fingerprint density at radius 1 is 1.53 bits per heavy atom. The summed E-state index contributed by atoms with van der Waals surface area (Å²) in [5.74, 6) is 0.595. The summed E-state index contributed by atoms with van der Waals surface area (Å²) in [6, 6.07) is 3.73. The fraction of sp³-hybridized carbons (Fsp3) is 0.222. The molecule has 0 saturated heterocycles. The zero-order chi connectivity index (χ0) is 10.7. The summed E-state index contributed by atoms with van der Waals surface area (Å²) in [5.41, 5.74) is 0. The molecule has 0 fully saturated rings. The van der Waals surface area contributed by atoms with E-state index in [1.807, 2.05) is 24.4 Å². The maximum absolute atomic E-state index is 11.6. The summed E-state index contributed by atoms with van der Waals surface area (Å²) >= 11 is 4.44. The van der Waals surface area contributed by atoms with Crippen LogP contribution in [0.3, 0.4) is 0 Å². The molecular formula is C9H8N2OS3. The number of carbonyl (C=O) groups excluding carboxylic acids is 1. The van der Waals surface area contributed by atoms with E-state index in [0.717, 1.165) is 14.2 Å². The van der Waals surface area contributed by atoms with E-state index in [1.54, 1.807) is 0 Å². The van der Waals surface area contributed by atoms with Crippen LogP contribution in [-0.2, 0) is 0 Å². The average molecular weight is 256 g/mol. The molecule has 0 spiro atoms. The van der Waals surface area contributed by atoms with E-state index in [9.17, 15) is 4.79 Å². The van der Waals surface area contributed by atoms with Gasteiger partial charge >= 0.3 is 0 Å². The summed E-state index contributed by atoms with van der Waals surface area (Å²) in [6.07, 6.45) is 0. The van der Waals surface area contributed by atoms with Gasteiger partial charge in [-0.05, 0) is 18.4 Å². The molecule has 0 saturated carbocycles. The SMILES string of the molecule is Cc1nnc(SCC(=O)c2cccs2)s1. The number of rotatable bonds is 4. The molecule has 2 aromatic rings. The summed E-state index contributed by atoms with van der Waals surface area (Å²) in [7, 11) is 0. The lowest BCUT2D eigenvalue weighted by Crippen LogP contribution is -1.98. The van der Waals surface area contributed by atoms with Gasteiger partial charge in [-0.3, -0.25) is 4.79 Å². The number of nitrogens with zero attached hydrogens (tertiary/aromatic N) is 2. The van der Waals surface area contributed by atoms with Gasteiger partial charge in [-0.1, -0.05) is 29.2 Å². The van der Waals surface area contributed by atoms with E-state index in [4.69, 9.17) is 0 Å². The molecule has 0 amide bonds. The summed E-state index contributed by atoms with van der Waals surface area (Å²) in [5, 5.41) is 10.7. The minimum Gasteiger partial charge on any atom is -0.292 e. The van der Waals surface area contributed by atoms with Gasteiger partial charge in [0.25, 0.3) is 0 Å². The van der Waals surface area contributed by atoms with E-state index in [-0.39, 0.29) is 5.78 Å². The highest BCUT2D eigenvalue weighted by Crippen LogP contribution is 2.23. The second kappa shape index (κ2) is 4.87. The second-order valence-corrected chi connectivity index (χ2v) is 6.13. The monoisotopic (exact) mass is 256 g/mol. The van der Waals surface area contributed by atoms with Gasteiger partial charge in [0.2, 0.25) is 0 Å². The van der Waals surface area contributed by atoms with Crippen molar-refractivity contribution in [3.63, 3.8) is 0 Å². The van der Waals surface area contributed by atoms with Gasteiger partial charge in [-0.15, -0.1) is 21.5 Å². The van der Waals surface area contributed by atoms with Crippen molar-refractivity contribution < 1.29 is 4.79 Å². The Hall–Kier alpha value is -0.720. The summed E-state index contributed by atoms with van der Waals surface area (Å²) in [6.45, 7) is 1.91. The predicted molar refractivity (Wildman–Crippen MR) is 64.0 cm³/mol. The van der Waals surface area contributed by atoms with Gasteiger partial charge in [0.15, 0.2) is 10.1 Å². The van der Waals surface area contributed by atoms with Crippen molar-refractivity contribution in [1.82, 2.24) is 10.2 Å². The van der Waals surface area contributed by atoms with Gasteiger partial charge < -0.3 is 0 Å². The molecule has 78 valence electrons. The number of hydrogen-bond acceptors (Lipinski definition) is 6. The topological polar surface area (TPSA) is 42.9 Å². The number of thiophene rings is 1. The maximum Gasteiger partial charge on any atom is 0.183 e. The third kappa shape index (κ3) is 2.87. The molecule has 0 unspecified atom stereocenters. The van der Waals surface area contributed by atoms with Crippen molar-refractivity contribution in [2.24, 2.45) is 0 Å². The fourth-order valence-corrected chi connectivity index (χ4v) is 3.43. The molecule has 2 aromatic heterocycles. The first-order valence-corrected chi connectivity index (χ1v) is 6.93. The number of Topliss-reactive ketones (excluding diaryl/α,β-unsaturated/α-hetero) is 1. The Kier molecular flexibility index (Phi) is 3.50. The first-order chi connectivity index (χ1) is 7.25. The zero-order valence-corrected chi connectivity index (χ0v) is 10.4. The molecule has 0 aliphatic heterocycles. The average Bonchev–Trinajstić information content (AvgIpc) is 2.84. The molecule has 0 aromatic carbocycles. The highest BCUT2D eigenvalue weighted by molar-refractivity contribution is 8.01. The smallest absolute Gasteiger partial charge is 0.183 e. The normalized spacial score (nSPS) is 10.5. The number of carbonyl (C=O) groups is 1. The van der Waals surface area contributed by atoms with Crippen LogP contribution in [0.1, 0.15) is 14.7 Å². The van der Waals surface area contributed by atoms with Crippen LogP contribution in [-0.4, -0.2) is 21.7 Å². The highest BCUT2D eigenvalue weighted by atomic mass is 32.2. The minimum atomic E-state index is 0.155. The largest absolute Gasteiger partial charge is 0.292 e. The molecular weight excluding hydrogens is 248 g/mol. The Balaban J connectivity index is 1.91. The van der Waals surface area contributed by atoms with E-state index in [2.05, 4.69) is 10.2 Å². The molecule has 15 heavy (non-hydrogen) atoms. The second-order valence-electron chi connectivity index (χ2n) is 2.78. The predicted octanol–water partition coefficient (Wildman–Crippen LogP) is 2.88. The molecule has 2 heterocycles. The van der Waals surface area contributed by atoms with Crippen molar-refractivity contribution in [2.75, 3.05) is 5.75 Å². The van der Waals surface area contributed by atoms with E-state index < -0.39 is 0 Å². The molecule has 0 bridgehead atoms. The van der Waals surface area contributed by atoms with Gasteiger partial charge in [-0.2, -0.15) is 0 Å². The van der Waals surface area contributed by atoms with Crippen molar-refractivity contribution in [3.8, 4) is 0 Å². The lowest BCUT2D eigenvalue weighted by Gasteiger charge is -1.93. The Labute approximate surface area is 99.6 Å². The number of aryl methyl sites for hydroxylation is 1. The molecule has 2 rings (SSSR count). The van der Waals surface area contributed by atoms with Crippen molar-refractivity contribution in [3.05, 3.63) is 27.4 Å². The van der Waals surface area contributed by atoms with E-state index >= 15 is 0 Å². The van der Waals surface area contributed by atoms with Crippen molar-refractivity contribution in [1.29, 1.82) is 0 Å². The molecule has 0 atom stereocenters. The van der Waals surface area contributed by atoms with Crippen LogP contribution in [0.15, 0.2) is 21.9 Å². The Morgan fingerprint density at radius 3 is 3.00 bits per heavy atom. The number of hydrogen-bond donors (Lipinski definition) is 0. The van der Waals surface area contributed by atoms with Crippen LogP contribution >= 0.6 is 34.4 Å². The van der Waals surface area contributed by atoms with Gasteiger partial charge in [-0.25, -0.2) is 0 Å². The van der Waals surface area contributed by atoms with Crippen LogP contribution in [0.2, 0.25) is 0 Å². The van der Waals surface area contributed by atoms with Gasteiger partial charge in [0.05, 0.1) is 10.6 Å². The summed E-state index contributed by atoms with van der Waals surface area (Å²) in [4.78, 5) is 12.4. The maximum atomic E-state index is 11.6. The van der Waals surface area contributed by atoms with Gasteiger partial charge in [0.1, 0.15) is 5.01 Å². The molecule has 3 nitrogen and oxygen atoms in total.